The van der Waals surface area contributed by atoms with Crippen molar-refractivity contribution in [2.45, 2.75) is 18.2 Å². The Hall–Kier alpha value is -1.79. The van der Waals surface area contributed by atoms with E-state index in [1.165, 1.54) is 6.07 Å². The summed E-state index contributed by atoms with van der Waals surface area (Å²) in [7, 11) is -4.07. The molecule has 0 amide bonds. The van der Waals surface area contributed by atoms with E-state index in [0.29, 0.717) is 12.4 Å². The van der Waals surface area contributed by atoms with Gasteiger partial charge in [0.2, 0.25) is 0 Å². The van der Waals surface area contributed by atoms with E-state index in [-0.39, 0.29) is 10.7 Å². The molecule has 2 aromatic rings. The molecule has 7 heteroatoms. The molecule has 0 spiro atoms. The van der Waals surface area contributed by atoms with Crippen molar-refractivity contribution in [1.82, 2.24) is 0 Å². The predicted molar refractivity (Wildman–Crippen MR) is 84.4 cm³/mol. The lowest BCUT2D eigenvalue weighted by atomic mass is 10.3. The Morgan fingerprint density at radius 3 is 2.64 bits per heavy atom. The average molecular weight is 344 g/mol. The van der Waals surface area contributed by atoms with Gasteiger partial charge in [-0.15, -0.1) is 0 Å². The molecule has 1 N–H and O–H groups in total. The first-order valence-corrected chi connectivity index (χ1v) is 8.50. The monoisotopic (exact) mass is 343 g/mol. The molecule has 0 radical (unpaired) electrons. The second-order valence-corrected chi connectivity index (χ2v) is 6.61. The van der Waals surface area contributed by atoms with Crippen molar-refractivity contribution in [3.05, 3.63) is 53.3 Å². The SMILES string of the molecule is CCCOc1ccccc1NS(=O)(=O)c1ccc(Cl)cc1F. The van der Waals surface area contributed by atoms with Crippen molar-refractivity contribution in [2.24, 2.45) is 0 Å². The van der Waals surface area contributed by atoms with Crippen LogP contribution in [0.1, 0.15) is 13.3 Å². The van der Waals surface area contributed by atoms with E-state index in [1.807, 2.05) is 6.92 Å². The first kappa shape index (κ1) is 16.6. The second kappa shape index (κ2) is 6.98. The summed E-state index contributed by atoms with van der Waals surface area (Å²) in [6, 6.07) is 9.98. The largest absolute Gasteiger partial charge is 0.491 e. The molecule has 2 aromatic carbocycles. The van der Waals surface area contributed by atoms with Crippen LogP contribution in [0.2, 0.25) is 5.02 Å². The van der Waals surface area contributed by atoms with Crippen LogP contribution < -0.4 is 9.46 Å². The van der Waals surface area contributed by atoms with E-state index < -0.39 is 20.7 Å². The third-order valence-corrected chi connectivity index (χ3v) is 4.41. The Kier molecular flexibility index (Phi) is 5.26. The van der Waals surface area contributed by atoms with E-state index in [0.717, 1.165) is 18.6 Å². The van der Waals surface area contributed by atoms with Gasteiger partial charge in [-0.1, -0.05) is 30.7 Å². The first-order chi connectivity index (χ1) is 10.4. The maximum absolute atomic E-state index is 13.8. The fourth-order valence-corrected chi connectivity index (χ4v) is 3.07. The van der Waals surface area contributed by atoms with Crippen molar-refractivity contribution >= 4 is 27.3 Å². The van der Waals surface area contributed by atoms with Crippen molar-refractivity contribution in [1.29, 1.82) is 0 Å². The second-order valence-electron chi connectivity index (χ2n) is 4.52. The topological polar surface area (TPSA) is 55.4 Å². The highest BCUT2D eigenvalue weighted by molar-refractivity contribution is 7.92. The van der Waals surface area contributed by atoms with E-state index in [9.17, 15) is 12.8 Å². The molecule has 0 fully saturated rings. The molecular weight excluding hydrogens is 329 g/mol. The van der Waals surface area contributed by atoms with E-state index in [4.69, 9.17) is 16.3 Å². The molecule has 4 nitrogen and oxygen atoms in total. The molecule has 0 bridgehead atoms. The Morgan fingerprint density at radius 1 is 1.23 bits per heavy atom. The average Bonchev–Trinajstić information content (AvgIpc) is 2.45. The smallest absolute Gasteiger partial charge is 0.264 e. The van der Waals surface area contributed by atoms with Gasteiger partial charge in [0.25, 0.3) is 10.0 Å². The molecule has 0 aliphatic heterocycles. The minimum atomic E-state index is -4.07. The molecule has 0 heterocycles. The van der Waals surface area contributed by atoms with Crippen LogP contribution in [0.5, 0.6) is 5.75 Å². The Bertz CT molecular complexity index is 765. The van der Waals surface area contributed by atoms with Crippen molar-refractivity contribution in [3.8, 4) is 5.75 Å². The van der Waals surface area contributed by atoms with Gasteiger partial charge in [0.05, 0.1) is 12.3 Å². The number of halogens is 2. The van der Waals surface area contributed by atoms with E-state index in [2.05, 4.69) is 4.72 Å². The van der Waals surface area contributed by atoms with Crippen LogP contribution in [0.15, 0.2) is 47.4 Å². The van der Waals surface area contributed by atoms with Crippen LogP contribution in [0.3, 0.4) is 0 Å². The van der Waals surface area contributed by atoms with Crippen LogP contribution in [0.4, 0.5) is 10.1 Å². The molecule has 0 unspecified atom stereocenters. The number of nitrogens with one attached hydrogen (secondary N) is 1. The Morgan fingerprint density at radius 2 is 1.95 bits per heavy atom. The van der Waals surface area contributed by atoms with Gasteiger partial charge in [0.1, 0.15) is 16.5 Å². The van der Waals surface area contributed by atoms with Gasteiger partial charge in [0.15, 0.2) is 0 Å². The molecule has 118 valence electrons. The summed E-state index contributed by atoms with van der Waals surface area (Å²) in [4.78, 5) is -0.470. The minimum Gasteiger partial charge on any atom is -0.491 e. The number of anilines is 1. The lowest BCUT2D eigenvalue weighted by molar-refractivity contribution is 0.319. The first-order valence-electron chi connectivity index (χ1n) is 6.63. The molecule has 0 aliphatic carbocycles. The normalized spacial score (nSPS) is 11.2. The number of rotatable bonds is 6. The summed E-state index contributed by atoms with van der Waals surface area (Å²) < 4.78 is 46.2. The summed E-state index contributed by atoms with van der Waals surface area (Å²) in [5.41, 5.74) is 0.255. The zero-order valence-electron chi connectivity index (χ0n) is 11.8. The van der Waals surface area contributed by atoms with Crippen molar-refractivity contribution in [3.63, 3.8) is 0 Å². The highest BCUT2D eigenvalue weighted by Crippen LogP contribution is 2.28. The van der Waals surface area contributed by atoms with Gasteiger partial charge in [-0.25, -0.2) is 12.8 Å². The maximum Gasteiger partial charge on any atom is 0.264 e. The molecule has 2 rings (SSSR count). The van der Waals surface area contributed by atoms with Crippen LogP contribution in [0.25, 0.3) is 0 Å². The van der Waals surface area contributed by atoms with Crippen LogP contribution in [-0.4, -0.2) is 15.0 Å². The highest BCUT2D eigenvalue weighted by Gasteiger charge is 2.20. The number of ether oxygens (including phenoxy) is 1. The standard InChI is InChI=1S/C15H15ClFNO3S/c1-2-9-21-14-6-4-3-5-13(14)18-22(19,20)15-8-7-11(16)10-12(15)17/h3-8,10,18H,2,9H2,1H3. The number of benzene rings is 2. The molecule has 0 saturated carbocycles. The van der Waals surface area contributed by atoms with E-state index >= 15 is 0 Å². The quantitative estimate of drug-likeness (QED) is 0.860. The summed E-state index contributed by atoms with van der Waals surface area (Å²) in [5, 5.41) is 0.128. The van der Waals surface area contributed by atoms with Crippen LogP contribution in [0, 0.1) is 5.82 Å². The van der Waals surface area contributed by atoms with Crippen LogP contribution in [-0.2, 0) is 10.0 Å². The zero-order chi connectivity index (χ0) is 16.2. The molecule has 0 atom stereocenters. The highest BCUT2D eigenvalue weighted by atomic mass is 35.5. The summed E-state index contributed by atoms with van der Waals surface area (Å²) in [5.74, 6) is -0.519. The number of sulfonamides is 1. The predicted octanol–water partition coefficient (Wildman–Crippen LogP) is 4.07. The van der Waals surface area contributed by atoms with Crippen molar-refractivity contribution in [2.75, 3.05) is 11.3 Å². The molecule has 22 heavy (non-hydrogen) atoms. The third kappa shape index (κ3) is 3.90. The van der Waals surface area contributed by atoms with Crippen molar-refractivity contribution < 1.29 is 17.5 Å². The van der Waals surface area contributed by atoms with Gasteiger partial charge < -0.3 is 4.74 Å². The van der Waals surface area contributed by atoms with Gasteiger partial charge in [-0.05, 0) is 36.8 Å². The fraction of sp³-hybridized carbons (Fsp3) is 0.200. The van der Waals surface area contributed by atoms with E-state index in [1.54, 1.807) is 24.3 Å². The lowest BCUT2D eigenvalue weighted by Crippen LogP contribution is -2.15. The Balaban J connectivity index is 2.33. The third-order valence-electron chi connectivity index (χ3n) is 2.78. The minimum absolute atomic E-state index is 0.128. The van der Waals surface area contributed by atoms with Crippen LogP contribution >= 0.6 is 11.6 Å². The number of hydrogen-bond acceptors (Lipinski definition) is 3. The molecular formula is C15H15ClFNO3S. The Labute approximate surface area is 133 Å². The molecule has 0 aliphatic rings. The van der Waals surface area contributed by atoms with Gasteiger partial charge >= 0.3 is 0 Å². The maximum atomic E-state index is 13.8. The molecule has 0 aromatic heterocycles. The lowest BCUT2D eigenvalue weighted by Gasteiger charge is -2.13. The number of hydrogen-bond donors (Lipinski definition) is 1. The summed E-state index contributed by atoms with van der Waals surface area (Å²) >= 11 is 5.63. The molecule has 0 saturated heterocycles. The summed E-state index contributed by atoms with van der Waals surface area (Å²) in [6.07, 6.45) is 0.785. The number of para-hydroxylation sites is 2. The fourth-order valence-electron chi connectivity index (χ4n) is 1.78. The summed E-state index contributed by atoms with van der Waals surface area (Å²) in [6.45, 7) is 2.39. The van der Waals surface area contributed by atoms with Gasteiger partial charge in [0, 0.05) is 5.02 Å². The van der Waals surface area contributed by atoms with Gasteiger partial charge in [-0.2, -0.15) is 0 Å². The van der Waals surface area contributed by atoms with Gasteiger partial charge in [-0.3, -0.25) is 4.72 Å². The zero-order valence-corrected chi connectivity index (χ0v) is 13.4.